The van der Waals surface area contributed by atoms with Crippen molar-refractivity contribution in [2.45, 2.75) is 25.8 Å². The number of nitrogens with one attached hydrogen (secondary N) is 2. The summed E-state index contributed by atoms with van der Waals surface area (Å²) in [5, 5.41) is 22.1. The van der Waals surface area contributed by atoms with Gasteiger partial charge in [-0.15, -0.1) is 0 Å². The Kier molecular flexibility index (Phi) is 7.26. The summed E-state index contributed by atoms with van der Waals surface area (Å²) in [4.78, 5) is 45.2. The van der Waals surface area contributed by atoms with E-state index in [1.807, 2.05) is 0 Å². The summed E-state index contributed by atoms with van der Waals surface area (Å²) in [6, 6.07) is 3.60. The normalized spacial score (nSPS) is 12.2. The molecule has 0 aliphatic rings. The molecule has 0 aliphatic carbocycles. The Bertz CT molecular complexity index is 699. The lowest BCUT2D eigenvalue weighted by Gasteiger charge is -2.15. The molecule has 0 aromatic heterocycles. The summed E-state index contributed by atoms with van der Waals surface area (Å²) in [5.74, 6) is -4.57. The lowest BCUT2D eigenvalue weighted by Crippen LogP contribution is -2.44. The molecule has 2 amide bonds. The second-order valence-corrected chi connectivity index (χ2v) is 5.09. The number of benzene rings is 1. The molecule has 0 unspecified atom stereocenters. The molecule has 1 atom stereocenters. The van der Waals surface area contributed by atoms with Crippen molar-refractivity contribution in [2.24, 2.45) is 0 Å². The Hall–Kier alpha value is -3.23. The highest BCUT2D eigenvalue weighted by Crippen LogP contribution is 2.08. The van der Waals surface area contributed by atoms with E-state index in [2.05, 4.69) is 10.6 Å². The van der Waals surface area contributed by atoms with Gasteiger partial charge in [0.1, 0.15) is 17.6 Å². The van der Waals surface area contributed by atoms with Crippen LogP contribution in [0.15, 0.2) is 30.0 Å². The molecule has 0 saturated heterocycles. The maximum Gasteiger partial charge on any atom is 0.326 e. The van der Waals surface area contributed by atoms with E-state index in [4.69, 9.17) is 10.2 Å². The molecule has 8 nitrogen and oxygen atoms in total. The zero-order valence-electron chi connectivity index (χ0n) is 13.3. The third-order valence-electron chi connectivity index (χ3n) is 2.99. The fourth-order valence-corrected chi connectivity index (χ4v) is 1.83. The van der Waals surface area contributed by atoms with Crippen molar-refractivity contribution in [3.05, 3.63) is 41.3 Å². The summed E-state index contributed by atoms with van der Waals surface area (Å²) in [6.07, 6.45) is 0.473. The van der Waals surface area contributed by atoms with Gasteiger partial charge in [0.25, 0.3) is 5.91 Å². The Morgan fingerprint density at radius 1 is 1.16 bits per heavy atom. The lowest BCUT2D eigenvalue weighted by atomic mass is 10.1. The molecule has 1 aromatic carbocycles. The van der Waals surface area contributed by atoms with Crippen LogP contribution in [-0.4, -0.2) is 40.0 Å². The Morgan fingerprint density at radius 3 is 2.24 bits per heavy atom. The molecular weight excluding hydrogens is 335 g/mol. The van der Waals surface area contributed by atoms with Gasteiger partial charge in [-0.3, -0.25) is 14.4 Å². The van der Waals surface area contributed by atoms with Crippen molar-refractivity contribution < 1.29 is 33.8 Å². The molecule has 0 aliphatic heterocycles. The highest BCUT2D eigenvalue weighted by Gasteiger charge is 2.23. The van der Waals surface area contributed by atoms with E-state index in [0.29, 0.717) is 5.56 Å². The van der Waals surface area contributed by atoms with Gasteiger partial charge in [0, 0.05) is 13.3 Å². The van der Waals surface area contributed by atoms with Crippen molar-refractivity contribution in [3.8, 4) is 0 Å². The first-order chi connectivity index (χ1) is 11.7. The number of aliphatic carboxylic acids is 2. The van der Waals surface area contributed by atoms with Crippen LogP contribution < -0.4 is 10.6 Å². The number of amides is 2. The van der Waals surface area contributed by atoms with E-state index >= 15 is 0 Å². The van der Waals surface area contributed by atoms with Crippen LogP contribution in [0.1, 0.15) is 25.3 Å². The van der Waals surface area contributed by atoms with Crippen molar-refractivity contribution in [2.75, 3.05) is 0 Å². The number of halogens is 1. The van der Waals surface area contributed by atoms with Crippen LogP contribution in [-0.2, 0) is 19.2 Å². The molecule has 0 heterocycles. The van der Waals surface area contributed by atoms with Crippen molar-refractivity contribution in [1.82, 2.24) is 10.6 Å². The van der Waals surface area contributed by atoms with Crippen molar-refractivity contribution >= 4 is 29.8 Å². The van der Waals surface area contributed by atoms with Gasteiger partial charge in [-0.25, -0.2) is 9.18 Å². The average Bonchev–Trinajstić information content (AvgIpc) is 2.51. The molecule has 0 bridgehead atoms. The number of hydrogen-bond acceptors (Lipinski definition) is 4. The van der Waals surface area contributed by atoms with E-state index in [1.54, 1.807) is 0 Å². The predicted molar refractivity (Wildman–Crippen MR) is 84.6 cm³/mol. The first-order valence-corrected chi connectivity index (χ1v) is 7.19. The van der Waals surface area contributed by atoms with Crippen LogP contribution >= 0.6 is 0 Å². The molecule has 25 heavy (non-hydrogen) atoms. The van der Waals surface area contributed by atoms with Crippen LogP contribution in [0.3, 0.4) is 0 Å². The van der Waals surface area contributed by atoms with E-state index in [1.165, 1.54) is 18.2 Å². The van der Waals surface area contributed by atoms with Crippen LogP contribution in [0.4, 0.5) is 4.39 Å². The third-order valence-corrected chi connectivity index (χ3v) is 2.99. The van der Waals surface area contributed by atoms with Crippen LogP contribution in [0.2, 0.25) is 0 Å². The monoisotopic (exact) mass is 352 g/mol. The van der Waals surface area contributed by atoms with E-state index in [9.17, 15) is 23.6 Å². The third kappa shape index (κ3) is 7.25. The highest BCUT2D eigenvalue weighted by molar-refractivity contribution is 6.02. The largest absolute Gasteiger partial charge is 0.481 e. The maximum atomic E-state index is 12.9. The van der Waals surface area contributed by atoms with Crippen LogP contribution in [0.5, 0.6) is 0 Å². The Labute approximate surface area is 142 Å². The van der Waals surface area contributed by atoms with Crippen molar-refractivity contribution in [3.63, 3.8) is 0 Å². The van der Waals surface area contributed by atoms with Gasteiger partial charge in [0.05, 0.1) is 0 Å². The van der Waals surface area contributed by atoms with Gasteiger partial charge in [-0.1, -0.05) is 12.1 Å². The zero-order valence-corrected chi connectivity index (χ0v) is 13.3. The number of carbonyl (C=O) groups excluding carboxylic acids is 2. The molecule has 0 fully saturated rings. The topological polar surface area (TPSA) is 133 Å². The van der Waals surface area contributed by atoms with E-state index in [0.717, 1.165) is 19.1 Å². The molecule has 4 N–H and O–H groups in total. The van der Waals surface area contributed by atoms with Gasteiger partial charge in [-0.2, -0.15) is 0 Å². The summed E-state index contributed by atoms with van der Waals surface area (Å²) in [6.45, 7) is 1.16. The standard InChI is InChI=1S/C16H17FN2O6/c1-9(20)18-13(8-10-2-4-11(17)5-3-10)15(23)19-12(16(24)25)6-7-14(21)22/h2-5,8,12H,6-7H2,1H3,(H,18,20)(H,19,23)(H,21,22)(H,24,25)/b13-8-/t12-/m0/s1. The molecule has 1 aromatic rings. The average molecular weight is 352 g/mol. The molecule has 1 rings (SSSR count). The zero-order chi connectivity index (χ0) is 19.0. The Morgan fingerprint density at radius 2 is 1.76 bits per heavy atom. The van der Waals surface area contributed by atoms with Crippen LogP contribution in [0, 0.1) is 5.82 Å². The molecule has 0 spiro atoms. The predicted octanol–water partition coefficient (Wildman–Crippen LogP) is 0.737. The van der Waals surface area contributed by atoms with Crippen molar-refractivity contribution in [1.29, 1.82) is 0 Å². The number of carbonyl (C=O) groups is 4. The van der Waals surface area contributed by atoms with E-state index in [-0.39, 0.29) is 12.1 Å². The fourth-order valence-electron chi connectivity index (χ4n) is 1.83. The molecule has 0 saturated carbocycles. The summed E-state index contributed by atoms with van der Waals surface area (Å²) < 4.78 is 12.9. The number of rotatable bonds is 8. The van der Waals surface area contributed by atoms with Crippen LogP contribution in [0.25, 0.3) is 6.08 Å². The summed E-state index contributed by atoms with van der Waals surface area (Å²) in [7, 11) is 0. The summed E-state index contributed by atoms with van der Waals surface area (Å²) in [5.41, 5.74) is 0.151. The molecule has 9 heteroatoms. The number of hydrogen-bond donors (Lipinski definition) is 4. The minimum atomic E-state index is -1.44. The second-order valence-electron chi connectivity index (χ2n) is 5.09. The molecule has 134 valence electrons. The van der Waals surface area contributed by atoms with Gasteiger partial charge < -0.3 is 20.8 Å². The van der Waals surface area contributed by atoms with Gasteiger partial charge in [0.2, 0.25) is 5.91 Å². The minimum absolute atomic E-state index is 0.249. The van der Waals surface area contributed by atoms with Gasteiger partial charge >= 0.3 is 11.9 Å². The van der Waals surface area contributed by atoms with E-state index < -0.39 is 42.0 Å². The quantitative estimate of drug-likeness (QED) is 0.510. The highest BCUT2D eigenvalue weighted by atomic mass is 19.1. The molecule has 0 radical (unpaired) electrons. The number of carboxylic acids is 2. The second kappa shape index (κ2) is 9.16. The molecular formula is C16H17FN2O6. The first-order valence-electron chi connectivity index (χ1n) is 7.19. The lowest BCUT2D eigenvalue weighted by molar-refractivity contribution is -0.142. The smallest absolute Gasteiger partial charge is 0.326 e. The maximum absolute atomic E-state index is 12.9. The SMILES string of the molecule is CC(=O)N/C(=C\c1ccc(F)cc1)C(=O)N[C@@H](CCC(=O)O)C(=O)O. The van der Waals surface area contributed by atoms with Gasteiger partial charge in [-0.05, 0) is 30.2 Å². The Balaban J connectivity index is 2.98. The summed E-state index contributed by atoms with van der Waals surface area (Å²) >= 11 is 0. The minimum Gasteiger partial charge on any atom is -0.481 e. The number of carboxylic acid groups (broad SMARTS) is 2. The fraction of sp³-hybridized carbons (Fsp3) is 0.250. The first kappa shape index (κ1) is 19.8. The van der Waals surface area contributed by atoms with Gasteiger partial charge in [0.15, 0.2) is 0 Å².